The predicted octanol–water partition coefficient (Wildman–Crippen LogP) is 4.73. The van der Waals surface area contributed by atoms with E-state index in [0.717, 1.165) is 16.9 Å². The summed E-state index contributed by atoms with van der Waals surface area (Å²) in [5.74, 6) is 0.820. The number of imidazole rings is 1. The third-order valence-electron chi connectivity index (χ3n) is 4.77. The van der Waals surface area contributed by atoms with E-state index in [0.29, 0.717) is 36.2 Å². The van der Waals surface area contributed by atoms with Gasteiger partial charge in [0.1, 0.15) is 22.3 Å². The molecular weight excluding hydrogens is 430 g/mol. The smallest absolute Gasteiger partial charge is 0.410 e. The Balaban J connectivity index is 1.93. The van der Waals surface area contributed by atoms with Gasteiger partial charge < -0.3 is 18.9 Å². The number of aromatic nitrogens is 4. The van der Waals surface area contributed by atoms with E-state index in [1.165, 1.54) is 4.90 Å². The fourth-order valence-electron chi connectivity index (χ4n) is 3.47. The van der Waals surface area contributed by atoms with Crippen LogP contribution < -0.4 is 0 Å². The highest BCUT2D eigenvalue weighted by atomic mass is 35.5. The van der Waals surface area contributed by atoms with Gasteiger partial charge in [-0.15, -0.1) is 0 Å². The van der Waals surface area contributed by atoms with E-state index in [-0.39, 0.29) is 12.2 Å². The highest BCUT2D eigenvalue weighted by Gasteiger charge is 2.24. The molecule has 0 N–H and O–H groups in total. The highest BCUT2D eigenvalue weighted by molar-refractivity contribution is 6.29. The van der Waals surface area contributed by atoms with Crippen molar-refractivity contribution in [1.82, 2.24) is 24.4 Å². The van der Waals surface area contributed by atoms with Crippen molar-refractivity contribution >= 4 is 28.7 Å². The van der Waals surface area contributed by atoms with Crippen LogP contribution in [0.4, 0.5) is 4.79 Å². The molecule has 0 aliphatic rings. The van der Waals surface area contributed by atoms with Crippen molar-refractivity contribution in [1.29, 1.82) is 0 Å². The van der Waals surface area contributed by atoms with Crippen molar-refractivity contribution in [2.45, 2.75) is 52.9 Å². The van der Waals surface area contributed by atoms with Crippen molar-refractivity contribution in [3.8, 4) is 11.4 Å². The van der Waals surface area contributed by atoms with Gasteiger partial charge in [-0.1, -0.05) is 17.7 Å². The summed E-state index contributed by atoms with van der Waals surface area (Å²) < 4.78 is 13.5. The molecule has 0 fully saturated rings. The molecule has 3 aromatic heterocycles. The van der Waals surface area contributed by atoms with Gasteiger partial charge in [0.05, 0.1) is 35.9 Å². The quantitative estimate of drug-likeness (QED) is 0.475. The van der Waals surface area contributed by atoms with Crippen LogP contribution in [0.25, 0.3) is 22.4 Å². The lowest BCUT2D eigenvalue weighted by Gasteiger charge is -2.28. The van der Waals surface area contributed by atoms with Crippen molar-refractivity contribution in [2.75, 3.05) is 20.2 Å². The Morgan fingerprint density at radius 1 is 1.25 bits per heavy atom. The van der Waals surface area contributed by atoms with Crippen LogP contribution in [0.5, 0.6) is 0 Å². The molecule has 3 rings (SSSR count). The first-order valence-electron chi connectivity index (χ1n) is 10.6. The van der Waals surface area contributed by atoms with Gasteiger partial charge >= 0.3 is 6.09 Å². The summed E-state index contributed by atoms with van der Waals surface area (Å²) in [5.41, 5.74) is 2.47. The summed E-state index contributed by atoms with van der Waals surface area (Å²) in [6, 6.07) is 7.31. The molecule has 0 aromatic carbocycles. The van der Waals surface area contributed by atoms with Crippen LogP contribution in [-0.4, -0.2) is 62.4 Å². The molecule has 3 aromatic rings. The van der Waals surface area contributed by atoms with Crippen LogP contribution in [0, 0.1) is 6.92 Å². The van der Waals surface area contributed by atoms with E-state index in [1.54, 1.807) is 19.3 Å². The minimum Gasteiger partial charge on any atom is -0.444 e. The standard InChI is InChI=1S/C23H30ClN5O3/c1-7-31-16(13-28(6)22(30)32-23(3,4)5)14-29-15(2)26-18-11-12-25-20(21(18)29)17-9-8-10-19(24)27-17/h8-12,16H,7,13-14H2,1-6H3/t16-/m0/s1. The highest BCUT2D eigenvalue weighted by Crippen LogP contribution is 2.27. The fourth-order valence-corrected chi connectivity index (χ4v) is 3.63. The summed E-state index contributed by atoms with van der Waals surface area (Å²) in [4.78, 5) is 27.7. The van der Waals surface area contributed by atoms with E-state index in [1.807, 2.05) is 52.8 Å². The topological polar surface area (TPSA) is 82.4 Å². The largest absolute Gasteiger partial charge is 0.444 e. The number of carbonyl (C=O) groups is 1. The van der Waals surface area contributed by atoms with Crippen molar-refractivity contribution in [2.24, 2.45) is 0 Å². The summed E-state index contributed by atoms with van der Waals surface area (Å²) >= 11 is 6.12. The molecule has 0 saturated carbocycles. The molecule has 0 spiro atoms. The lowest BCUT2D eigenvalue weighted by atomic mass is 10.2. The fraction of sp³-hybridized carbons (Fsp3) is 0.478. The second kappa shape index (κ2) is 9.83. The minimum absolute atomic E-state index is 0.269. The molecule has 0 aliphatic heterocycles. The van der Waals surface area contributed by atoms with Gasteiger partial charge in [0, 0.05) is 19.9 Å². The number of carbonyl (C=O) groups excluding carboxylic acids is 1. The van der Waals surface area contributed by atoms with Gasteiger partial charge in [-0.25, -0.2) is 14.8 Å². The molecule has 172 valence electrons. The molecule has 3 heterocycles. The predicted molar refractivity (Wildman–Crippen MR) is 125 cm³/mol. The Morgan fingerprint density at radius 3 is 2.66 bits per heavy atom. The van der Waals surface area contributed by atoms with Gasteiger partial charge in [0.25, 0.3) is 0 Å². The lowest BCUT2D eigenvalue weighted by molar-refractivity contribution is 0.00178. The summed E-state index contributed by atoms with van der Waals surface area (Å²) in [6.45, 7) is 10.8. The Hall–Kier alpha value is -2.71. The number of likely N-dealkylation sites (N-methyl/N-ethyl adjacent to an activating group) is 1. The molecule has 9 heteroatoms. The number of fused-ring (bicyclic) bond motifs is 1. The van der Waals surface area contributed by atoms with E-state index < -0.39 is 5.60 Å². The Kier molecular flexibility index (Phi) is 7.36. The van der Waals surface area contributed by atoms with Crippen molar-refractivity contribution < 1.29 is 14.3 Å². The summed E-state index contributed by atoms with van der Waals surface area (Å²) in [5, 5.41) is 0.398. The van der Waals surface area contributed by atoms with E-state index in [2.05, 4.69) is 14.5 Å². The van der Waals surface area contributed by atoms with Gasteiger partial charge in [0.2, 0.25) is 0 Å². The third-order valence-corrected chi connectivity index (χ3v) is 4.99. The number of pyridine rings is 2. The van der Waals surface area contributed by atoms with E-state index >= 15 is 0 Å². The number of hydrogen-bond donors (Lipinski definition) is 0. The SMILES string of the molecule is CCO[C@@H](CN(C)C(=O)OC(C)(C)C)Cn1c(C)nc2ccnc(-c3cccc(Cl)n3)c21. The molecular formula is C23H30ClN5O3. The number of amides is 1. The Labute approximate surface area is 193 Å². The van der Waals surface area contributed by atoms with Crippen LogP contribution in [0.1, 0.15) is 33.5 Å². The molecule has 0 radical (unpaired) electrons. The first kappa shape index (κ1) is 23.9. The first-order chi connectivity index (χ1) is 15.1. The van der Waals surface area contributed by atoms with Crippen LogP contribution in [0.15, 0.2) is 30.5 Å². The molecule has 32 heavy (non-hydrogen) atoms. The second-order valence-corrected chi connectivity index (χ2v) is 8.97. The molecule has 1 atom stereocenters. The summed E-state index contributed by atoms with van der Waals surface area (Å²) in [6.07, 6.45) is 1.06. The average Bonchev–Trinajstić information content (AvgIpc) is 3.02. The average molecular weight is 460 g/mol. The minimum atomic E-state index is -0.561. The normalized spacial score (nSPS) is 12.7. The van der Waals surface area contributed by atoms with Crippen LogP contribution in [-0.2, 0) is 16.0 Å². The Morgan fingerprint density at radius 2 is 2.00 bits per heavy atom. The molecule has 0 aliphatic carbocycles. The molecule has 0 saturated heterocycles. The number of nitrogens with zero attached hydrogens (tertiary/aromatic N) is 5. The van der Waals surface area contributed by atoms with E-state index in [4.69, 9.17) is 26.1 Å². The zero-order chi connectivity index (χ0) is 23.5. The second-order valence-electron chi connectivity index (χ2n) is 8.58. The monoisotopic (exact) mass is 459 g/mol. The van der Waals surface area contributed by atoms with Crippen molar-refractivity contribution in [3.05, 3.63) is 41.4 Å². The number of aryl methyl sites for hydroxylation is 1. The molecule has 0 unspecified atom stereocenters. The molecule has 1 amide bonds. The lowest BCUT2D eigenvalue weighted by Crippen LogP contribution is -2.40. The van der Waals surface area contributed by atoms with Gasteiger partial charge in [-0.3, -0.25) is 4.98 Å². The van der Waals surface area contributed by atoms with Crippen LogP contribution in [0.2, 0.25) is 5.15 Å². The maximum Gasteiger partial charge on any atom is 0.410 e. The van der Waals surface area contributed by atoms with E-state index in [9.17, 15) is 4.79 Å². The first-order valence-corrected chi connectivity index (χ1v) is 11.0. The van der Waals surface area contributed by atoms with Crippen LogP contribution in [0.3, 0.4) is 0 Å². The third kappa shape index (κ3) is 5.75. The van der Waals surface area contributed by atoms with Gasteiger partial charge in [0.15, 0.2) is 0 Å². The van der Waals surface area contributed by atoms with Crippen molar-refractivity contribution in [3.63, 3.8) is 0 Å². The molecule has 8 nitrogen and oxygen atoms in total. The zero-order valence-electron chi connectivity index (χ0n) is 19.4. The zero-order valence-corrected chi connectivity index (χ0v) is 20.2. The maximum atomic E-state index is 12.4. The Bertz CT molecular complexity index is 1090. The van der Waals surface area contributed by atoms with Gasteiger partial charge in [-0.2, -0.15) is 0 Å². The molecule has 0 bridgehead atoms. The van der Waals surface area contributed by atoms with Crippen LogP contribution >= 0.6 is 11.6 Å². The number of hydrogen-bond acceptors (Lipinski definition) is 6. The number of halogens is 1. The summed E-state index contributed by atoms with van der Waals surface area (Å²) in [7, 11) is 1.71. The number of rotatable bonds is 7. The maximum absolute atomic E-state index is 12.4. The number of ether oxygens (including phenoxy) is 2. The van der Waals surface area contributed by atoms with Gasteiger partial charge in [-0.05, 0) is 52.8 Å².